The van der Waals surface area contributed by atoms with E-state index in [0.29, 0.717) is 11.4 Å². The Morgan fingerprint density at radius 2 is 1.67 bits per heavy atom. The van der Waals surface area contributed by atoms with Gasteiger partial charge < -0.3 is 19.5 Å². The molecule has 0 aliphatic carbocycles. The second-order valence-electron chi connectivity index (χ2n) is 5.50. The Labute approximate surface area is 157 Å². The first-order chi connectivity index (χ1) is 13.0. The largest absolute Gasteiger partial charge is 0.497 e. The Kier molecular flexibility index (Phi) is 7.37. The summed E-state index contributed by atoms with van der Waals surface area (Å²) in [5.74, 6) is -0.930. The summed E-state index contributed by atoms with van der Waals surface area (Å²) < 4.78 is 15.0. The predicted molar refractivity (Wildman–Crippen MR) is 98.7 cm³/mol. The molecule has 0 heterocycles. The van der Waals surface area contributed by atoms with Crippen LogP contribution < -0.4 is 10.1 Å². The van der Waals surface area contributed by atoms with E-state index in [1.165, 1.54) is 0 Å². The lowest BCUT2D eigenvalue weighted by Crippen LogP contribution is -2.23. The highest BCUT2D eigenvalue weighted by Gasteiger charge is 2.15. The molecular weight excluding hydrogens is 350 g/mol. The van der Waals surface area contributed by atoms with Gasteiger partial charge in [-0.15, -0.1) is 0 Å². The van der Waals surface area contributed by atoms with Crippen LogP contribution in [0.25, 0.3) is 0 Å². The molecule has 0 unspecified atom stereocenters. The van der Waals surface area contributed by atoms with Gasteiger partial charge in [0.2, 0.25) is 0 Å². The number of nitrogens with one attached hydrogen (secondary N) is 1. The van der Waals surface area contributed by atoms with Gasteiger partial charge >= 0.3 is 11.9 Å². The zero-order chi connectivity index (χ0) is 19.6. The van der Waals surface area contributed by atoms with E-state index < -0.39 is 24.5 Å². The number of hydrogen-bond acceptors (Lipinski definition) is 6. The molecule has 0 spiro atoms. The molecule has 0 fully saturated rings. The molecule has 0 bridgehead atoms. The van der Waals surface area contributed by atoms with Gasteiger partial charge in [-0.3, -0.25) is 9.59 Å². The molecule has 0 radical (unpaired) electrons. The zero-order valence-electron chi connectivity index (χ0n) is 15.2. The summed E-state index contributed by atoms with van der Waals surface area (Å²) in [5.41, 5.74) is 1.28. The van der Waals surface area contributed by atoms with E-state index in [1.807, 2.05) is 0 Å². The standard InChI is InChI=1S/C20H21NO6/c1-3-26-20(24)16-6-4-5-7-17(16)21-18(22)13-27-19(23)12-14-8-10-15(25-2)11-9-14/h4-11H,3,12-13H2,1-2H3,(H,21,22). The third kappa shape index (κ3) is 6.14. The first-order valence-corrected chi connectivity index (χ1v) is 8.38. The molecule has 2 aromatic carbocycles. The van der Waals surface area contributed by atoms with Gasteiger partial charge in [0.1, 0.15) is 5.75 Å². The van der Waals surface area contributed by atoms with E-state index in [0.717, 1.165) is 5.56 Å². The molecule has 7 heteroatoms. The number of esters is 2. The van der Waals surface area contributed by atoms with Crippen LogP contribution in [0.4, 0.5) is 5.69 Å². The molecule has 2 aromatic rings. The van der Waals surface area contributed by atoms with Crippen molar-refractivity contribution in [3.63, 3.8) is 0 Å². The van der Waals surface area contributed by atoms with Crippen molar-refractivity contribution < 1.29 is 28.6 Å². The van der Waals surface area contributed by atoms with E-state index in [4.69, 9.17) is 14.2 Å². The lowest BCUT2D eigenvalue weighted by Gasteiger charge is -2.10. The number of benzene rings is 2. The topological polar surface area (TPSA) is 90.9 Å². The number of anilines is 1. The number of carbonyl (C=O) groups is 3. The number of rotatable bonds is 8. The molecule has 0 saturated heterocycles. The van der Waals surface area contributed by atoms with E-state index in [1.54, 1.807) is 62.6 Å². The summed E-state index contributed by atoms with van der Waals surface area (Å²) in [7, 11) is 1.56. The van der Waals surface area contributed by atoms with Gasteiger partial charge in [0.15, 0.2) is 6.61 Å². The van der Waals surface area contributed by atoms with Gasteiger partial charge in [-0.2, -0.15) is 0 Å². The van der Waals surface area contributed by atoms with Gasteiger partial charge in [-0.1, -0.05) is 24.3 Å². The molecule has 1 N–H and O–H groups in total. The number of ether oxygens (including phenoxy) is 3. The molecule has 1 amide bonds. The SMILES string of the molecule is CCOC(=O)c1ccccc1NC(=O)COC(=O)Cc1ccc(OC)cc1. The second-order valence-corrected chi connectivity index (χ2v) is 5.50. The quantitative estimate of drug-likeness (QED) is 0.717. The Morgan fingerprint density at radius 3 is 2.33 bits per heavy atom. The fourth-order valence-corrected chi connectivity index (χ4v) is 2.27. The molecule has 0 atom stereocenters. The molecule has 0 aromatic heterocycles. The summed E-state index contributed by atoms with van der Waals surface area (Å²) in [6.45, 7) is 1.47. The number of hydrogen-bond donors (Lipinski definition) is 1. The first-order valence-electron chi connectivity index (χ1n) is 8.38. The lowest BCUT2D eigenvalue weighted by molar-refractivity contribution is -0.146. The van der Waals surface area contributed by atoms with Gasteiger partial charge in [-0.25, -0.2) is 4.79 Å². The van der Waals surface area contributed by atoms with E-state index in [-0.39, 0.29) is 18.6 Å². The Hall–Kier alpha value is -3.35. The maximum atomic E-state index is 12.0. The summed E-state index contributed by atoms with van der Waals surface area (Å²) in [4.78, 5) is 35.8. The molecule has 0 saturated carbocycles. The van der Waals surface area contributed by atoms with Gasteiger partial charge in [-0.05, 0) is 36.8 Å². The molecule has 0 aliphatic rings. The Morgan fingerprint density at radius 1 is 0.963 bits per heavy atom. The van der Waals surface area contributed by atoms with Crippen LogP contribution >= 0.6 is 0 Å². The molecule has 142 valence electrons. The third-order valence-electron chi connectivity index (χ3n) is 3.57. The van der Waals surface area contributed by atoms with Gasteiger partial charge in [0, 0.05) is 0 Å². The average molecular weight is 371 g/mol. The van der Waals surface area contributed by atoms with Crippen molar-refractivity contribution in [3.8, 4) is 5.75 Å². The lowest BCUT2D eigenvalue weighted by atomic mass is 10.1. The van der Waals surface area contributed by atoms with Crippen LogP contribution in [-0.2, 0) is 25.5 Å². The minimum atomic E-state index is -0.546. The van der Waals surface area contributed by atoms with Crippen LogP contribution in [0.1, 0.15) is 22.8 Å². The molecular formula is C20H21NO6. The summed E-state index contributed by atoms with van der Waals surface area (Å²) in [5, 5.41) is 2.55. The molecule has 27 heavy (non-hydrogen) atoms. The van der Waals surface area contributed by atoms with Crippen LogP contribution in [0.2, 0.25) is 0 Å². The minimum Gasteiger partial charge on any atom is -0.497 e. The molecule has 7 nitrogen and oxygen atoms in total. The second kappa shape index (κ2) is 9.96. The zero-order valence-corrected chi connectivity index (χ0v) is 15.2. The molecule has 0 aliphatic heterocycles. The fraction of sp³-hybridized carbons (Fsp3) is 0.250. The highest BCUT2D eigenvalue weighted by molar-refractivity contribution is 6.01. The summed E-state index contributed by atoms with van der Waals surface area (Å²) >= 11 is 0. The highest BCUT2D eigenvalue weighted by Crippen LogP contribution is 2.16. The fourth-order valence-electron chi connectivity index (χ4n) is 2.27. The van der Waals surface area contributed by atoms with Crippen molar-refractivity contribution in [2.45, 2.75) is 13.3 Å². The predicted octanol–water partition coefficient (Wildman–Crippen LogP) is 2.60. The summed E-state index contributed by atoms with van der Waals surface area (Å²) in [6.07, 6.45) is 0.0384. The average Bonchev–Trinajstić information content (AvgIpc) is 2.67. The number of para-hydroxylation sites is 1. The minimum absolute atomic E-state index is 0.0384. The number of amides is 1. The number of methoxy groups -OCH3 is 1. The van der Waals surface area contributed by atoms with E-state index in [9.17, 15) is 14.4 Å². The van der Waals surface area contributed by atoms with Crippen molar-refractivity contribution in [1.82, 2.24) is 0 Å². The van der Waals surface area contributed by atoms with Crippen molar-refractivity contribution in [2.75, 3.05) is 25.6 Å². The molecule has 2 rings (SSSR count). The van der Waals surface area contributed by atoms with Crippen molar-refractivity contribution in [2.24, 2.45) is 0 Å². The van der Waals surface area contributed by atoms with Crippen molar-refractivity contribution in [1.29, 1.82) is 0 Å². The summed E-state index contributed by atoms with van der Waals surface area (Å²) in [6, 6.07) is 13.4. The van der Waals surface area contributed by atoms with Crippen LogP contribution in [0.15, 0.2) is 48.5 Å². The van der Waals surface area contributed by atoms with Gasteiger partial charge in [0.25, 0.3) is 5.91 Å². The highest BCUT2D eigenvalue weighted by atomic mass is 16.5. The maximum absolute atomic E-state index is 12.0. The first kappa shape index (κ1) is 20.0. The van der Waals surface area contributed by atoms with Crippen molar-refractivity contribution >= 4 is 23.5 Å². The normalized spacial score (nSPS) is 10.0. The van der Waals surface area contributed by atoms with Crippen LogP contribution in [0.3, 0.4) is 0 Å². The van der Waals surface area contributed by atoms with E-state index in [2.05, 4.69) is 5.32 Å². The van der Waals surface area contributed by atoms with Crippen molar-refractivity contribution in [3.05, 3.63) is 59.7 Å². The van der Waals surface area contributed by atoms with Crippen LogP contribution in [0.5, 0.6) is 5.75 Å². The van der Waals surface area contributed by atoms with Gasteiger partial charge in [0.05, 0.1) is 31.4 Å². The Bertz CT molecular complexity index is 800. The smallest absolute Gasteiger partial charge is 0.340 e. The third-order valence-corrected chi connectivity index (χ3v) is 3.57. The monoisotopic (exact) mass is 371 g/mol. The maximum Gasteiger partial charge on any atom is 0.340 e. The number of carbonyl (C=O) groups excluding carboxylic acids is 3. The van der Waals surface area contributed by atoms with Crippen LogP contribution in [0, 0.1) is 0 Å². The Balaban J connectivity index is 1.87. The van der Waals surface area contributed by atoms with E-state index >= 15 is 0 Å². The van der Waals surface area contributed by atoms with Crippen LogP contribution in [-0.4, -0.2) is 38.2 Å².